The molecular weight excluding hydrogens is 302 g/mol. The molecule has 2 bridgehead atoms. The molecule has 22 heavy (non-hydrogen) atoms. The maximum atomic E-state index is 10.9. The van der Waals surface area contributed by atoms with Crippen molar-refractivity contribution in [3.63, 3.8) is 0 Å². The Bertz CT molecular complexity index is 613. The molecule has 0 spiro atoms. The van der Waals surface area contributed by atoms with Crippen molar-refractivity contribution in [1.29, 1.82) is 0 Å². The van der Waals surface area contributed by atoms with Gasteiger partial charge in [-0.15, -0.1) is 0 Å². The lowest BCUT2D eigenvalue weighted by Crippen LogP contribution is -2.66. The van der Waals surface area contributed by atoms with Gasteiger partial charge >= 0.3 is 0 Å². The normalized spacial score (nSPS) is 27.2. The van der Waals surface area contributed by atoms with E-state index in [-0.39, 0.29) is 10.4 Å². The molecule has 4 N–H and O–H groups in total. The monoisotopic (exact) mass is 327 g/mol. The molecule has 0 amide bonds. The van der Waals surface area contributed by atoms with E-state index in [9.17, 15) is 8.42 Å². The lowest BCUT2D eigenvalue weighted by Gasteiger charge is -2.46. The van der Waals surface area contributed by atoms with Crippen LogP contribution in [0.3, 0.4) is 0 Å². The van der Waals surface area contributed by atoms with Crippen LogP contribution in [0.4, 0.5) is 0 Å². The van der Waals surface area contributed by atoms with Crippen LogP contribution in [0.25, 0.3) is 0 Å². The van der Waals surface area contributed by atoms with Crippen molar-refractivity contribution in [3.8, 4) is 0 Å². The van der Waals surface area contributed by atoms with Crippen LogP contribution in [-0.2, 0) is 10.1 Å². The first-order chi connectivity index (χ1) is 10.1. The van der Waals surface area contributed by atoms with Gasteiger partial charge in [0.15, 0.2) is 0 Å². The summed E-state index contributed by atoms with van der Waals surface area (Å²) in [6.07, 6.45) is 2.33. The van der Waals surface area contributed by atoms with Gasteiger partial charge in [0.05, 0.1) is 4.90 Å². The molecule has 3 aliphatic rings. The molecule has 3 fully saturated rings. The lowest BCUT2D eigenvalue weighted by molar-refractivity contribution is 0.0387. The predicted molar refractivity (Wildman–Crippen MR) is 86.2 cm³/mol. The van der Waals surface area contributed by atoms with Crippen LogP contribution in [0.5, 0.6) is 0 Å². The molecule has 4 rings (SSSR count). The van der Waals surface area contributed by atoms with Gasteiger partial charge in [-0.1, -0.05) is 17.7 Å². The maximum absolute atomic E-state index is 10.9. The van der Waals surface area contributed by atoms with E-state index in [0.717, 1.165) is 25.2 Å². The molecule has 6 nitrogen and oxygen atoms in total. The van der Waals surface area contributed by atoms with E-state index < -0.39 is 10.1 Å². The Morgan fingerprint density at radius 1 is 1.18 bits per heavy atom. The van der Waals surface area contributed by atoms with E-state index in [4.69, 9.17) is 10.3 Å². The summed E-state index contributed by atoms with van der Waals surface area (Å²) in [5.41, 5.74) is 11.6. The van der Waals surface area contributed by atoms with E-state index in [2.05, 4.69) is 10.4 Å². The van der Waals surface area contributed by atoms with Gasteiger partial charge in [0.1, 0.15) is 0 Å². The summed E-state index contributed by atoms with van der Waals surface area (Å²) in [4.78, 5) is 0.0260. The van der Waals surface area contributed by atoms with Gasteiger partial charge in [0, 0.05) is 25.2 Å². The summed E-state index contributed by atoms with van der Waals surface area (Å²) >= 11 is 0. The molecule has 3 heterocycles. The zero-order valence-electron chi connectivity index (χ0n) is 13.4. The number of nitrogens with one attached hydrogen (secondary N) is 1. The predicted octanol–water partition coefficient (Wildman–Crippen LogP) is 1.16. The Hall–Kier alpha value is -0.990. The number of aryl methyl sites for hydroxylation is 3. The molecule has 124 valence electrons. The number of hydrogen-bond acceptors (Lipinski definition) is 5. The quantitative estimate of drug-likeness (QED) is 0.670. The second kappa shape index (κ2) is 6.25. The average Bonchev–Trinajstić information content (AvgIpc) is 2.37. The van der Waals surface area contributed by atoms with Crippen molar-refractivity contribution in [2.24, 2.45) is 5.73 Å². The summed E-state index contributed by atoms with van der Waals surface area (Å²) in [5.74, 6) is 0. The Kier molecular flexibility index (Phi) is 4.93. The fourth-order valence-corrected chi connectivity index (χ4v) is 4.06. The highest BCUT2D eigenvalue weighted by Crippen LogP contribution is 2.22. The number of rotatable bonds is 1. The van der Waals surface area contributed by atoms with Gasteiger partial charge in [-0.05, 0) is 44.7 Å². The van der Waals surface area contributed by atoms with E-state index in [1.54, 1.807) is 26.0 Å². The van der Waals surface area contributed by atoms with Crippen LogP contribution in [0.15, 0.2) is 17.0 Å². The second-order valence-electron chi connectivity index (χ2n) is 6.39. The first-order valence-electron chi connectivity index (χ1n) is 7.43. The van der Waals surface area contributed by atoms with Gasteiger partial charge in [0.25, 0.3) is 10.1 Å². The highest BCUT2D eigenvalue weighted by atomic mass is 32.2. The number of nitrogens with two attached hydrogens (primary N) is 1. The summed E-state index contributed by atoms with van der Waals surface area (Å²) in [5, 5.41) is 2.26. The van der Waals surface area contributed by atoms with Crippen LogP contribution in [0.1, 0.15) is 29.5 Å². The Labute approximate surface area is 132 Å². The van der Waals surface area contributed by atoms with Crippen LogP contribution >= 0.6 is 0 Å². The van der Waals surface area contributed by atoms with Crippen molar-refractivity contribution in [2.45, 2.75) is 44.0 Å². The van der Waals surface area contributed by atoms with Crippen LogP contribution in [0, 0.1) is 20.8 Å². The molecule has 0 unspecified atom stereocenters. The van der Waals surface area contributed by atoms with E-state index in [1.807, 2.05) is 6.92 Å². The highest BCUT2D eigenvalue weighted by molar-refractivity contribution is 7.86. The minimum Gasteiger partial charge on any atom is -0.324 e. The standard InChI is InChI=1S/C9H12O3S.C6H13N3/c1-6-4-7(2)9(8(3)5-6)13(10,11)12;7-6-1-3-9(4-2-6)8-5-6/h4-5H,1-3H3,(H,10,11,12);8H,1-5,7H2. The summed E-state index contributed by atoms with van der Waals surface area (Å²) in [6, 6.07) is 3.46. The molecule has 7 heteroatoms. The molecule has 3 saturated heterocycles. The topological polar surface area (TPSA) is 95.7 Å². The van der Waals surface area contributed by atoms with Gasteiger partial charge < -0.3 is 5.73 Å². The Balaban J connectivity index is 0.000000170. The summed E-state index contributed by atoms with van der Waals surface area (Å²) < 4.78 is 30.8. The zero-order valence-corrected chi connectivity index (χ0v) is 14.2. The molecule has 3 aliphatic heterocycles. The Morgan fingerprint density at radius 3 is 1.95 bits per heavy atom. The average molecular weight is 327 g/mol. The molecule has 0 saturated carbocycles. The molecule has 0 atom stereocenters. The van der Waals surface area contributed by atoms with Crippen LogP contribution in [-0.4, -0.2) is 43.2 Å². The second-order valence-corrected chi connectivity index (χ2v) is 7.75. The lowest BCUT2D eigenvalue weighted by atomic mass is 9.87. The number of piperidine rings is 1. The summed E-state index contributed by atoms with van der Waals surface area (Å²) in [6.45, 7) is 8.47. The summed E-state index contributed by atoms with van der Waals surface area (Å²) in [7, 11) is -4.08. The van der Waals surface area contributed by atoms with Crippen molar-refractivity contribution in [1.82, 2.24) is 10.4 Å². The SMILES string of the molecule is Cc1cc(C)c(S(=O)(=O)O)c(C)c1.NC12CCN(CC1)NC2. The molecule has 1 aromatic carbocycles. The first-order valence-corrected chi connectivity index (χ1v) is 8.87. The molecule has 1 aromatic rings. The fraction of sp³-hybridized carbons (Fsp3) is 0.600. The van der Waals surface area contributed by atoms with Crippen molar-refractivity contribution in [3.05, 3.63) is 28.8 Å². The minimum absolute atomic E-state index is 0.0260. The smallest absolute Gasteiger partial charge is 0.295 e. The number of fused-ring (bicyclic) bond motifs is 3. The zero-order chi connectivity index (χ0) is 16.5. The van der Waals surface area contributed by atoms with Gasteiger partial charge in [0.2, 0.25) is 0 Å². The maximum Gasteiger partial charge on any atom is 0.295 e. The first kappa shape index (κ1) is 17.4. The molecular formula is C15H25N3O3S. The van der Waals surface area contributed by atoms with Crippen molar-refractivity contribution >= 4 is 10.1 Å². The highest BCUT2D eigenvalue weighted by Gasteiger charge is 2.35. The van der Waals surface area contributed by atoms with Crippen molar-refractivity contribution < 1.29 is 13.0 Å². The third-order valence-electron chi connectivity index (χ3n) is 4.28. The van der Waals surface area contributed by atoms with Gasteiger partial charge in [-0.3, -0.25) is 9.98 Å². The van der Waals surface area contributed by atoms with E-state index in [0.29, 0.717) is 11.1 Å². The molecule has 0 aromatic heterocycles. The van der Waals surface area contributed by atoms with E-state index in [1.165, 1.54) is 12.8 Å². The number of benzene rings is 1. The fourth-order valence-electron chi connectivity index (χ4n) is 3.13. The van der Waals surface area contributed by atoms with Crippen molar-refractivity contribution in [2.75, 3.05) is 19.6 Å². The largest absolute Gasteiger partial charge is 0.324 e. The number of hydrazine groups is 1. The van der Waals surface area contributed by atoms with Gasteiger partial charge in [-0.2, -0.15) is 8.42 Å². The molecule has 0 radical (unpaired) electrons. The third-order valence-corrected chi connectivity index (χ3v) is 5.44. The number of hydrogen-bond donors (Lipinski definition) is 3. The Morgan fingerprint density at radius 2 is 1.68 bits per heavy atom. The third kappa shape index (κ3) is 4.05. The van der Waals surface area contributed by atoms with Gasteiger partial charge in [-0.25, -0.2) is 5.01 Å². The van der Waals surface area contributed by atoms with E-state index >= 15 is 0 Å². The molecule has 0 aliphatic carbocycles. The minimum atomic E-state index is -4.08. The number of nitrogens with zero attached hydrogens (tertiary/aromatic N) is 1. The van der Waals surface area contributed by atoms with Crippen LogP contribution in [0.2, 0.25) is 0 Å². The van der Waals surface area contributed by atoms with Crippen LogP contribution < -0.4 is 11.2 Å².